The molecule has 1 aliphatic carbocycles. The Labute approximate surface area is 188 Å². The molecule has 0 bridgehead atoms. The highest BCUT2D eigenvalue weighted by Gasteiger charge is 2.40. The van der Waals surface area contributed by atoms with Gasteiger partial charge in [-0.1, -0.05) is 19.3 Å². The summed E-state index contributed by atoms with van der Waals surface area (Å²) in [7, 11) is 1.73. The van der Waals surface area contributed by atoms with E-state index >= 15 is 0 Å². The van der Waals surface area contributed by atoms with Crippen LogP contribution in [0.3, 0.4) is 0 Å². The van der Waals surface area contributed by atoms with E-state index in [0.717, 1.165) is 38.5 Å². The van der Waals surface area contributed by atoms with Crippen molar-refractivity contribution >= 4 is 17.1 Å². The van der Waals surface area contributed by atoms with Crippen LogP contribution in [0.1, 0.15) is 45.4 Å². The molecule has 176 valence electrons. The highest BCUT2D eigenvalue weighted by molar-refractivity contribution is 5.75. The molecule has 2 aliphatic heterocycles. The van der Waals surface area contributed by atoms with Crippen molar-refractivity contribution in [2.24, 2.45) is 18.9 Å². The number of anilines is 1. The molecular formula is C23H36N6O3. The summed E-state index contributed by atoms with van der Waals surface area (Å²) in [5, 5.41) is 3.51. The van der Waals surface area contributed by atoms with Crippen molar-refractivity contribution in [2.45, 2.75) is 64.6 Å². The van der Waals surface area contributed by atoms with Crippen LogP contribution >= 0.6 is 0 Å². The van der Waals surface area contributed by atoms with Gasteiger partial charge in [-0.15, -0.1) is 0 Å². The van der Waals surface area contributed by atoms with Crippen molar-refractivity contribution in [3.63, 3.8) is 0 Å². The van der Waals surface area contributed by atoms with Crippen LogP contribution in [0.5, 0.6) is 0 Å². The fourth-order valence-electron chi connectivity index (χ4n) is 5.98. The van der Waals surface area contributed by atoms with Gasteiger partial charge < -0.3 is 19.5 Å². The molecule has 9 nitrogen and oxygen atoms in total. The molecule has 2 unspecified atom stereocenters. The molecule has 0 amide bonds. The largest absolute Gasteiger partial charge is 0.380 e. The zero-order valence-electron chi connectivity index (χ0n) is 19.4. The van der Waals surface area contributed by atoms with Crippen molar-refractivity contribution in [3.05, 3.63) is 20.8 Å². The second-order valence-corrected chi connectivity index (χ2v) is 9.66. The lowest BCUT2D eigenvalue weighted by molar-refractivity contribution is 0.137. The molecule has 9 heteroatoms. The van der Waals surface area contributed by atoms with E-state index < -0.39 is 0 Å². The minimum Gasteiger partial charge on any atom is -0.380 e. The van der Waals surface area contributed by atoms with E-state index in [1.165, 1.54) is 36.7 Å². The van der Waals surface area contributed by atoms with Crippen molar-refractivity contribution in [3.8, 4) is 0 Å². The second kappa shape index (κ2) is 9.02. The lowest BCUT2D eigenvalue weighted by Gasteiger charge is -2.28. The minimum atomic E-state index is -0.321. The zero-order chi connectivity index (χ0) is 22.2. The highest BCUT2D eigenvalue weighted by Crippen LogP contribution is 2.34. The van der Waals surface area contributed by atoms with E-state index in [-0.39, 0.29) is 17.8 Å². The summed E-state index contributed by atoms with van der Waals surface area (Å²) in [6, 6.07) is 0.411. The van der Waals surface area contributed by atoms with Crippen LogP contribution in [0, 0.1) is 11.8 Å². The fraction of sp³-hybridized carbons (Fsp3) is 0.783. The number of aromatic nitrogens is 4. The number of rotatable bonds is 7. The van der Waals surface area contributed by atoms with Gasteiger partial charge in [-0.05, 0) is 38.0 Å². The number of ether oxygens (including phenoxy) is 1. The number of fused-ring (bicyclic) bond motifs is 2. The van der Waals surface area contributed by atoms with Crippen LogP contribution in [0.2, 0.25) is 0 Å². The minimum absolute atomic E-state index is 0.238. The van der Waals surface area contributed by atoms with Crippen LogP contribution in [-0.4, -0.2) is 57.6 Å². The molecule has 2 aromatic rings. The van der Waals surface area contributed by atoms with Gasteiger partial charge >= 0.3 is 5.69 Å². The van der Waals surface area contributed by atoms with Gasteiger partial charge in [-0.2, -0.15) is 4.98 Å². The van der Waals surface area contributed by atoms with E-state index in [1.807, 2.05) is 6.92 Å². The average molecular weight is 445 g/mol. The Morgan fingerprint density at radius 3 is 2.69 bits per heavy atom. The molecule has 2 aromatic heterocycles. The highest BCUT2D eigenvalue weighted by atomic mass is 16.5. The van der Waals surface area contributed by atoms with E-state index in [9.17, 15) is 9.59 Å². The zero-order valence-corrected chi connectivity index (χ0v) is 19.4. The SMILES string of the molecule is CCOCCn1c(=O)c2c(nc(N3CCC4CNCC43)n2CC2CCCCC2)n(C)c1=O. The van der Waals surface area contributed by atoms with Gasteiger partial charge in [0.2, 0.25) is 5.95 Å². The number of hydrogen-bond donors (Lipinski definition) is 1. The van der Waals surface area contributed by atoms with Gasteiger partial charge in [-0.3, -0.25) is 13.9 Å². The first-order valence-electron chi connectivity index (χ1n) is 12.3. The van der Waals surface area contributed by atoms with Crippen LogP contribution in [0.4, 0.5) is 5.95 Å². The Bertz CT molecular complexity index is 1080. The molecule has 3 aliphatic rings. The van der Waals surface area contributed by atoms with Crippen molar-refractivity contribution in [1.82, 2.24) is 24.0 Å². The Kier molecular flexibility index (Phi) is 6.11. The molecule has 0 radical (unpaired) electrons. The summed E-state index contributed by atoms with van der Waals surface area (Å²) in [6.45, 7) is 6.84. The average Bonchev–Trinajstić information content (AvgIpc) is 3.50. The third kappa shape index (κ3) is 3.69. The van der Waals surface area contributed by atoms with Gasteiger partial charge in [0.05, 0.1) is 13.2 Å². The van der Waals surface area contributed by atoms with Crippen molar-refractivity contribution in [2.75, 3.05) is 37.7 Å². The Balaban J connectivity index is 1.64. The van der Waals surface area contributed by atoms with E-state index in [1.54, 1.807) is 11.6 Å². The monoisotopic (exact) mass is 444 g/mol. The van der Waals surface area contributed by atoms with E-state index in [2.05, 4.69) is 14.8 Å². The van der Waals surface area contributed by atoms with Gasteiger partial charge in [0.25, 0.3) is 5.56 Å². The Morgan fingerprint density at radius 2 is 1.91 bits per heavy atom. The van der Waals surface area contributed by atoms with Gasteiger partial charge in [0.1, 0.15) is 0 Å². The predicted molar refractivity (Wildman–Crippen MR) is 124 cm³/mol. The molecule has 2 atom stereocenters. The van der Waals surface area contributed by atoms with Crippen molar-refractivity contribution < 1.29 is 4.74 Å². The van der Waals surface area contributed by atoms with Gasteiger partial charge in [0, 0.05) is 45.9 Å². The maximum atomic E-state index is 13.6. The second-order valence-electron chi connectivity index (χ2n) is 9.66. The molecular weight excluding hydrogens is 408 g/mol. The topological polar surface area (TPSA) is 86.3 Å². The predicted octanol–water partition coefficient (Wildman–Crippen LogP) is 1.31. The molecule has 4 heterocycles. The van der Waals surface area contributed by atoms with Gasteiger partial charge in [0.15, 0.2) is 11.2 Å². The van der Waals surface area contributed by atoms with Crippen LogP contribution in [0.25, 0.3) is 11.2 Å². The number of imidazole rings is 1. The first-order chi connectivity index (χ1) is 15.6. The summed E-state index contributed by atoms with van der Waals surface area (Å²) in [5.41, 5.74) is 0.516. The van der Waals surface area contributed by atoms with Gasteiger partial charge in [-0.25, -0.2) is 4.79 Å². The Hall–Kier alpha value is -2.13. The molecule has 0 spiro atoms. The lowest BCUT2D eigenvalue weighted by Crippen LogP contribution is -2.41. The Morgan fingerprint density at radius 1 is 1.09 bits per heavy atom. The molecule has 5 rings (SSSR count). The summed E-state index contributed by atoms with van der Waals surface area (Å²) in [6.07, 6.45) is 7.33. The summed E-state index contributed by atoms with van der Waals surface area (Å²) in [5.74, 6) is 2.05. The third-order valence-corrected chi connectivity index (χ3v) is 7.74. The van der Waals surface area contributed by atoms with Crippen LogP contribution < -0.4 is 21.5 Å². The first-order valence-corrected chi connectivity index (χ1v) is 12.3. The number of nitrogens with one attached hydrogen (secondary N) is 1. The smallest absolute Gasteiger partial charge is 0.332 e. The summed E-state index contributed by atoms with van der Waals surface area (Å²) >= 11 is 0. The fourth-order valence-corrected chi connectivity index (χ4v) is 5.98. The molecule has 2 saturated heterocycles. The molecule has 1 N–H and O–H groups in total. The maximum Gasteiger partial charge on any atom is 0.332 e. The maximum absolute atomic E-state index is 13.6. The molecule has 3 fully saturated rings. The van der Waals surface area contributed by atoms with Crippen molar-refractivity contribution in [1.29, 1.82) is 0 Å². The quantitative estimate of drug-likeness (QED) is 0.648. The third-order valence-electron chi connectivity index (χ3n) is 7.74. The molecule has 32 heavy (non-hydrogen) atoms. The van der Waals surface area contributed by atoms with Crippen LogP contribution in [-0.2, 0) is 24.9 Å². The summed E-state index contributed by atoms with van der Waals surface area (Å²) < 4.78 is 10.5. The number of aryl methyl sites for hydroxylation is 1. The normalized spacial score (nSPS) is 24.0. The number of nitrogens with zero attached hydrogens (tertiary/aromatic N) is 5. The standard InChI is InChI=1S/C23H36N6O3/c1-3-32-12-11-28-21(30)19-20(26(2)23(28)31)25-22(27-10-9-17-13-24-14-18(17)27)29(19)15-16-7-5-4-6-8-16/h16-18,24H,3-15H2,1-2H3. The van der Waals surface area contributed by atoms with E-state index in [0.29, 0.717) is 42.3 Å². The number of hydrogen-bond acceptors (Lipinski definition) is 6. The van der Waals surface area contributed by atoms with E-state index in [4.69, 9.17) is 9.72 Å². The molecule has 0 aromatic carbocycles. The lowest BCUT2D eigenvalue weighted by atomic mass is 9.89. The van der Waals surface area contributed by atoms with Crippen LogP contribution in [0.15, 0.2) is 9.59 Å². The summed E-state index contributed by atoms with van der Waals surface area (Å²) in [4.78, 5) is 34.0. The first kappa shape index (κ1) is 21.7. The molecule has 1 saturated carbocycles.